The maximum atomic E-state index is 3.70. The topological polar surface area (TPSA) is 12.0 Å². The largest absolute Gasteiger partial charge is 0.316 e. The van der Waals surface area contributed by atoms with Crippen LogP contribution in [0.2, 0.25) is 0 Å². The van der Waals surface area contributed by atoms with Crippen molar-refractivity contribution in [2.24, 2.45) is 5.92 Å². The average Bonchev–Trinajstić information content (AvgIpc) is 1.63. The van der Waals surface area contributed by atoms with Gasteiger partial charge in [-0.05, 0) is 38.8 Å². The van der Waals surface area contributed by atoms with Crippen LogP contribution in [-0.4, -0.2) is 13.1 Å². The molecule has 0 amide bonds. The van der Waals surface area contributed by atoms with Crippen LogP contribution in [0.4, 0.5) is 0 Å². The molecule has 1 aliphatic carbocycles. The molecule has 1 rings (SSSR count). The molecule has 0 aromatic carbocycles. The zero-order valence-corrected chi connectivity index (χ0v) is 5.32. The molecule has 0 saturated heterocycles. The molecule has 47 valence electrons. The van der Waals surface area contributed by atoms with Crippen LogP contribution >= 0.6 is 0 Å². The van der Waals surface area contributed by atoms with Crippen LogP contribution in [0.3, 0.4) is 0 Å². The minimum Gasteiger partial charge on any atom is -0.316 e. The Hall–Kier alpha value is -0.0400. The molecular weight excluding hydrogens is 98.1 g/mol. The summed E-state index contributed by atoms with van der Waals surface area (Å²) in [6.07, 6.45) is 4.32. The number of hydrogen-bond acceptors (Lipinski definition) is 1. The van der Waals surface area contributed by atoms with Crippen molar-refractivity contribution >= 4 is 0 Å². The van der Waals surface area contributed by atoms with E-state index in [0.29, 0.717) is 0 Å². The first-order chi connectivity index (χ1) is 3.93. The van der Waals surface area contributed by atoms with E-state index in [9.17, 15) is 0 Å². The predicted octanol–water partition coefficient (Wildman–Crippen LogP) is 1.21. The lowest BCUT2D eigenvalue weighted by molar-refractivity contribution is 0.305. The van der Waals surface area contributed by atoms with Gasteiger partial charge in [0.2, 0.25) is 0 Å². The van der Waals surface area contributed by atoms with E-state index in [1.807, 2.05) is 0 Å². The SMILES string of the molecule is [CH2]CNCC1CCC1. The molecule has 1 fully saturated rings. The monoisotopic (exact) mass is 112 g/mol. The highest BCUT2D eigenvalue weighted by atomic mass is 14.8. The van der Waals surface area contributed by atoms with Gasteiger partial charge in [0.25, 0.3) is 0 Å². The number of hydrogen-bond donors (Lipinski definition) is 1. The zero-order chi connectivity index (χ0) is 5.82. The van der Waals surface area contributed by atoms with E-state index >= 15 is 0 Å². The molecule has 0 aromatic heterocycles. The lowest BCUT2D eigenvalue weighted by Crippen LogP contribution is -2.26. The van der Waals surface area contributed by atoms with Crippen molar-refractivity contribution in [2.75, 3.05) is 13.1 Å². The van der Waals surface area contributed by atoms with E-state index in [0.717, 1.165) is 12.5 Å². The lowest BCUT2D eigenvalue weighted by atomic mass is 9.85. The molecule has 1 saturated carbocycles. The molecule has 1 radical (unpaired) electrons. The summed E-state index contributed by atoms with van der Waals surface area (Å²) in [6, 6.07) is 0. The van der Waals surface area contributed by atoms with E-state index in [-0.39, 0.29) is 0 Å². The standard InChI is InChI=1S/C7H14N/c1-2-8-6-7-4-3-5-7/h7-8H,1-6H2. The van der Waals surface area contributed by atoms with Gasteiger partial charge in [-0.2, -0.15) is 0 Å². The van der Waals surface area contributed by atoms with Crippen molar-refractivity contribution in [1.29, 1.82) is 0 Å². The van der Waals surface area contributed by atoms with Crippen molar-refractivity contribution < 1.29 is 0 Å². The Morgan fingerprint density at radius 3 is 2.62 bits per heavy atom. The maximum Gasteiger partial charge on any atom is -0.00205 e. The Bertz CT molecular complexity index is 57.4. The second kappa shape index (κ2) is 3.08. The van der Waals surface area contributed by atoms with Crippen molar-refractivity contribution in [3.05, 3.63) is 6.92 Å². The molecule has 0 aromatic rings. The number of rotatable bonds is 3. The minimum absolute atomic E-state index is 0.885. The summed E-state index contributed by atoms with van der Waals surface area (Å²) in [5.74, 6) is 0.983. The van der Waals surface area contributed by atoms with Crippen LogP contribution in [0.1, 0.15) is 19.3 Å². The van der Waals surface area contributed by atoms with Gasteiger partial charge >= 0.3 is 0 Å². The Balaban J connectivity index is 1.86. The van der Waals surface area contributed by atoms with E-state index in [1.54, 1.807) is 0 Å². The first-order valence-corrected chi connectivity index (χ1v) is 3.43. The molecule has 0 bridgehead atoms. The molecule has 1 N–H and O–H groups in total. The molecule has 8 heavy (non-hydrogen) atoms. The summed E-state index contributed by atoms with van der Waals surface area (Å²) < 4.78 is 0. The Kier molecular flexibility index (Phi) is 2.34. The van der Waals surface area contributed by atoms with Crippen LogP contribution in [0.15, 0.2) is 0 Å². The third-order valence-corrected chi connectivity index (χ3v) is 1.83. The van der Waals surface area contributed by atoms with Gasteiger partial charge in [-0.15, -0.1) is 0 Å². The molecule has 1 aliphatic rings. The molecular formula is C7H14N. The molecule has 0 atom stereocenters. The highest BCUT2D eigenvalue weighted by Gasteiger charge is 2.15. The lowest BCUT2D eigenvalue weighted by Gasteiger charge is -2.24. The second-order valence-electron chi connectivity index (χ2n) is 2.50. The van der Waals surface area contributed by atoms with E-state index in [1.165, 1.54) is 25.8 Å². The second-order valence-corrected chi connectivity index (χ2v) is 2.50. The molecule has 0 aliphatic heterocycles. The normalized spacial score (nSPS) is 20.6. The fourth-order valence-corrected chi connectivity index (χ4v) is 1.00. The summed E-state index contributed by atoms with van der Waals surface area (Å²) in [5.41, 5.74) is 0. The molecule has 0 unspecified atom stereocenters. The minimum atomic E-state index is 0.885. The summed E-state index contributed by atoms with van der Waals surface area (Å²) in [5, 5.41) is 3.24. The summed E-state index contributed by atoms with van der Waals surface area (Å²) >= 11 is 0. The zero-order valence-electron chi connectivity index (χ0n) is 5.32. The summed E-state index contributed by atoms with van der Waals surface area (Å²) in [4.78, 5) is 0. The first kappa shape index (κ1) is 6.09. The van der Waals surface area contributed by atoms with Gasteiger partial charge in [0, 0.05) is 0 Å². The van der Waals surface area contributed by atoms with Crippen LogP contribution in [0.5, 0.6) is 0 Å². The van der Waals surface area contributed by atoms with Crippen molar-refractivity contribution in [2.45, 2.75) is 19.3 Å². The van der Waals surface area contributed by atoms with Crippen molar-refractivity contribution in [3.63, 3.8) is 0 Å². The highest BCUT2D eigenvalue weighted by molar-refractivity contribution is 4.71. The Morgan fingerprint density at radius 2 is 2.25 bits per heavy atom. The Morgan fingerprint density at radius 1 is 1.50 bits per heavy atom. The fourth-order valence-electron chi connectivity index (χ4n) is 1.00. The summed E-state index contributed by atoms with van der Waals surface area (Å²) in [7, 11) is 0. The fraction of sp³-hybridized carbons (Fsp3) is 0.857. The predicted molar refractivity (Wildman–Crippen MR) is 35.6 cm³/mol. The Labute approximate surface area is 51.5 Å². The third kappa shape index (κ3) is 1.48. The van der Waals surface area contributed by atoms with Crippen LogP contribution in [0.25, 0.3) is 0 Å². The van der Waals surface area contributed by atoms with Gasteiger partial charge in [0.05, 0.1) is 0 Å². The first-order valence-electron chi connectivity index (χ1n) is 3.43. The maximum absolute atomic E-state index is 3.70. The van der Waals surface area contributed by atoms with E-state index < -0.39 is 0 Å². The molecule has 1 nitrogen and oxygen atoms in total. The molecule has 1 heteroatoms. The van der Waals surface area contributed by atoms with Gasteiger partial charge < -0.3 is 5.32 Å². The average molecular weight is 112 g/mol. The van der Waals surface area contributed by atoms with E-state index in [4.69, 9.17) is 0 Å². The van der Waals surface area contributed by atoms with Gasteiger partial charge in [-0.3, -0.25) is 0 Å². The van der Waals surface area contributed by atoms with Crippen molar-refractivity contribution in [3.8, 4) is 0 Å². The molecule has 0 spiro atoms. The van der Waals surface area contributed by atoms with Gasteiger partial charge in [0.1, 0.15) is 0 Å². The van der Waals surface area contributed by atoms with Crippen molar-refractivity contribution in [1.82, 2.24) is 5.32 Å². The van der Waals surface area contributed by atoms with Crippen LogP contribution < -0.4 is 5.32 Å². The van der Waals surface area contributed by atoms with Crippen LogP contribution in [0, 0.1) is 12.8 Å². The van der Waals surface area contributed by atoms with E-state index in [2.05, 4.69) is 12.2 Å². The highest BCUT2D eigenvalue weighted by Crippen LogP contribution is 2.24. The molecule has 0 heterocycles. The van der Waals surface area contributed by atoms with Gasteiger partial charge in [-0.1, -0.05) is 6.42 Å². The third-order valence-electron chi connectivity index (χ3n) is 1.83. The quantitative estimate of drug-likeness (QED) is 0.578. The van der Waals surface area contributed by atoms with Gasteiger partial charge in [-0.25, -0.2) is 0 Å². The van der Waals surface area contributed by atoms with Crippen LogP contribution in [-0.2, 0) is 0 Å². The number of nitrogens with one attached hydrogen (secondary N) is 1. The smallest absolute Gasteiger partial charge is 0.00205 e. The van der Waals surface area contributed by atoms with Gasteiger partial charge in [0.15, 0.2) is 0 Å². The summed E-state index contributed by atoms with van der Waals surface area (Å²) in [6.45, 7) is 5.79.